The lowest BCUT2D eigenvalue weighted by Gasteiger charge is -2.17. The Bertz CT molecular complexity index is 302. The lowest BCUT2D eigenvalue weighted by Crippen LogP contribution is -2.25. The van der Waals surface area contributed by atoms with Crippen molar-refractivity contribution < 1.29 is 4.39 Å². The fourth-order valence-corrected chi connectivity index (χ4v) is 1.52. The highest BCUT2D eigenvalue weighted by atomic mass is 31.0. The average Bonchev–Trinajstić information content (AvgIpc) is 2.42. The van der Waals surface area contributed by atoms with Crippen LogP contribution in [-0.4, -0.2) is 31.1 Å². The molecule has 0 aromatic heterocycles. The average molecular weight is 272 g/mol. The number of benzene rings is 1. The predicted octanol–water partition coefficient (Wildman–Crippen LogP) is 3.10. The first-order chi connectivity index (χ1) is 8.69. The molecule has 1 atom stereocenters. The summed E-state index contributed by atoms with van der Waals surface area (Å²) in [5.41, 5.74) is 0.819. The highest BCUT2D eigenvalue weighted by Gasteiger charge is 2.03. The zero-order valence-corrected chi connectivity index (χ0v) is 12.9. The predicted molar refractivity (Wildman–Crippen MR) is 81.3 cm³/mol. The normalized spacial score (nSPS) is 10.1. The van der Waals surface area contributed by atoms with Gasteiger partial charge in [0, 0.05) is 6.54 Å². The number of rotatable bonds is 6. The second-order valence-electron chi connectivity index (χ2n) is 3.93. The molecule has 0 saturated heterocycles. The fourth-order valence-electron chi connectivity index (χ4n) is 1.52. The van der Waals surface area contributed by atoms with Gasteiger partial charge in [0.05, 0.1) is 0 Å². The van der Waals surface area contributed by atoms with E-state index < -0.39 is 0 Å². The van der Waals surface area contributed by atoms with Crippen molar-refractivity contribution in [2.24, 2.45) is 0 Å². The molecule has 0 saturated carbocycles. The maximum atomic E-state index is 13.2. The van der Waals surface area contributed by atoms with E-state index in [9.17, 15) is 4.39 Å². The number of hydrogen-bond donors (Lipinski definition) is 1. The molecule has 0 aliphatic rings. The molecule has 0 fully saturated rings. The van der Waals surface area contributed by atoms with Crippen molar-refractivity contribution in [3.05, 3.63) is 35.6 Å². The zero-order chi connectivity index (χ0) is 13.8. The highest BCUT2D eigenvalue weighted by Crippen LogP contribution is 2.07. The molecule has 1 aromatic rings. The Morgan fingerprint density at radius 1 is 1.17 bits per heavy atom. The third-order valence-corrected chi connectivity index (χ3v) is 3.16. The zero-order valence-electron chi connectivity index (χ0n) is 11.7. The lowest BCUT2D eigenvalue weighted by atomic mass is 10.1. The van der Waals surface area contributed by atoms with Gasteiger partial charge in [0.2, 0.25) is 0 Å². The minimum Gasteiger partial charge on any atom is -0.304 e. The van der Waals surface area contributed by atoms with Gasteiger partial charge in [0.25, 0.3) is 0 Å². The molecule has 2 nitrogen and oxygen atoms in total. The molecule has 0 amide bonds. The summed E-state index contributed by atoms with van der Waals surface area (Å²) in [6.07, 6.45) is 0.800. The van der Waals surface area contributed by atoms with Crippen molar-refractivity contribution in [2.45, 2.75) is 27.2 Å². The topological polar surface area (TPSA) is 15.3 Å². The summed E-state index contributed by atoms with van der Waals surface area (Å²) in [7, 11) is 2.41. The molecular formula is C14H26FN2P. The van der Waals surface area contributed by atoms with Crippen LogP contribution in [0.4, 0.5) is 4.39 Å². The molecule has 104 valence electrons. The SMILES string of the molecule is CCN(CC)CCc1ccccc1F.CCNP. The van der Waals surface area contributed by atoms with E-state index in [1.807, 2.05) is 19.1 Å². The third-order valence-electron chi connectivity index (χ3n) is 2.75. The van der Waals surface area contributed by atoms with Gasteiger partial charge in [-0.15, -0.1) is 0 Å². The van der Waals surface area contributed by atoms with Gasteiger partial charge in [0.1, 0.15) is 5.82 Å². The van der Waals surface area contributed by atoms with Gasteiger partial charge in [0.15, 0.2) is 0 Å². The second kappa shape index (κ2) is 11.6. The Morgan fingerprint density at radius 3 is 2.17 bits per heavy atom. The van der Waals surface area contributed by atoms with Crippen molar-refractivity contribution in [3.63, 3.8) is 0 Å². The van der Waals surface area contributed by atoms with Gasteiger partial charge in [-0.2, -0.15) is 0 Å². The number of nitrogens with one attached hydrogen (secondary N) is 1. The van der Waals surface area contributed by atoms with E-state index in [0.717, 1.165) is 38.2 Å². The van der Waals surface area contributed by atoms with E-state index in [-0.39, 0.29) is 5.82 Å². The summed E-state index contributed by atoms with van der Waals surface area (Å²) in [5, 5.41) is 2.85. The van der Waals surface area contributed by atoms with Crippen LogP contribution in [0.15, 0.2) is 24.3 Å². The van der Waals surface area contributed by atoms with Crippen LogP contribution in [-0.2, 0) is 6.42 Å². The van der Waals surface area contributed by atoms with E-state index in [1.165, 1.54) is 6.07 Å². The van der Waals surface area contributed by atoms with Gasteiger partial charge in [-0.05, 0) is 37.7 Å². The Hall–Kier alpha value is -0.500. The highest BCUT2D eigenvalue weighted by molar-refractivity contribution is 7.13. The maximum absolute atomic E-state index is 13.2. The summed E-state index contributed by atoms with van der Waals surface area (Å²) < 4.78 is 13.2. The van der Waals surface area contributed by atoms with Crippen LogP contribution >= 0.6 is 9.39 Å². The number of halogens is 1. The number of likely N-dealkylation sites (N-methyl/N-ethyl adjacent to an activating group) is 1. The third kappa shape index (κ3) is 7.75. The summed E-state index contributed by atoms with van der Waals surface area (Å²) in [6.45, 7) is 10.3. The van der Waals surface area contributed by atoms with Gasteiger partial charge in [-0.25, -0.2) is 4.39 Å². The fraction of sp³-hybridized carbons (Fsp3) is 0.571. The molecule has 4 heteroatoms. The Kier molecular flexibility index (Phi) is 11.3. The first kappa shape index (κ1) is 17.5. The molecule has 0 heterocycles. The van der Waals surface area contributed by atoms with E-state index in [4.69, 9.17) is 0 Å². The van der Waals surface area contributed by atoms with Crippen LogP contribution in [0.2, 0.25) is 0 Å². The first-order valence-corrected chi connectivity index (χ1v) is 7.16. The molecular weight excluding hydrogens is 246 g/mol. The minimum atomic E-state index is -0.0837. The number of nitrogens with zero attached hydrogens (tertiary/aromatic N) is 1. The van der Waals surface area contributed by atoms with Crippen LogP contribution in [0.5, 0.6) is 0 Å². The first-order valence-electron chi connectivity index (χ1n) is 6.58. The monoisotopic (exact) mass is 272 g/mol. The van der Waals surface area contributed by atoms with E-state index >= 15 is 0 Å². The number of hydrogen-bond acceptors (Lipinski definition) is 2. The Morgan fingerprint density at radius 2 is 1.72 bits per heavy atom. The summed E-state index contributed by atoms with van der Waals surface area (Å²) in [4.78, 5) is 2.30. The Labute approximate surface area is 113 Å². The second-order valence-corrected chi connectivity index (χ2v) is 4.33. The van der Waals surface area contributed by atoms with E-state index in [0.29, 0.717) is 0 Å². The van der Waals surface area contributed by atoms with Crippen LogP contribution < -0.4 is 5.09 Å². The minimum absolute atomic E-state index is 0.0837. The molecule has 1 rings (SSSR count). The van der Waals surface area contributed by atoms with Crippen molar-refractivity contribution in [1.82, 2.24) is 9.99 Å². The molecule has 0 spiro atoms. The lowest BCUT2D eigenvalue weighted by molar-refractivity contribution is 0.306. The summed E-state index contributed by atoms with van der Waals surface area (Å²) >= 11 is 0. The van der Waals surface area contributed by atoms with Gasteiger partial charge < -0.3 is 9.99 Å². The smallest absolute Gasteiger partial charge is 0.126 e. The molecule has 0 aliphatic heterocycles. The van der Waals surface area contributed by atoms with Crippen molar-refractivity contribution >= 4 is 9.39 Å². The largest absolute Gasteiger partial charge is 0.304 e. The molecule has 0 aliphatic carbocycles. The van der Waals surface area contributed by atoms with Gasteiger partial charge in [-0.1, -0.05) is 48.4 Å². The van der Waals surface area contributed by atoms with E-state index in [1.54, 1.807) is 6.07 Å². The maximum Gasteiger partial charge on any atom is 0.126 e. The van der Waals surface area contributed by atoms with Crippen LogP contribution in [0.25, 0.3) is 0 Å². The van der Waals surface area contributed by atoms with Crippen molar-refractivity contribution in [2.75, 3.05) is 26.2 Å². The van der Waals surface area contributed by atoms with Crippen LogP contribution in [0.3, 0.4) is 0 Å². The molecule has 1 aromatic carbocycles. The molecule has 0 bridgehead atoms. The van der Waals surface area contributed by atoms with Crippen molar-refractivity contribution in [1.29, 1.82) is 0 Å². The quantitative estimate of drug-likeness (QED) is 0.801. The Balaban J connectivity index is 0.000000631. The standard InChI is InChI=1S/C12H18FN.C2H8NP/c1-3-14(4-2)10-9-11-7-5-6-8-12(11)13;1-2-3-4/h5-8H,3-4,9-10H2,1-2H3;3H,2,4H2,1H3. The summed E-state index contributed by atoms with van der Waals surface area (Å²) in [6, 6.07) is 7.01. The molecule has 1 unspecified atom stereocenters. The molecule has 18 heavy (non-hydrogen) atoms. The van der Waals surface area contributed by atoms with Gasteiger partial charge in [-0.3, -0.25) is 0 Å². The molecule has 0 radical (unpaired) electrons. The molecule has 1 N–H and O–H groups in total. The van der Waals surface area contributed by atoms with E-state index in [2.05, 4.69) is 33.2 Å². The summed E-state index contributed by atoms with van der Waals surface area (Å²) in [5.74, 6) is -0.0837. The van der Waals surface area contributed by atoms with Crippen molar-refractivity contribution in [3.8, 4) is 0 Å². The van der Waals surface area contributed by atoms with Crippen LogP contribution in [0, 0.1) is 5.82 Å². The van der Waals surface area contributed by atoms with Gasteiger partial charge >= 0.3 is 0 Å². The van der Waals surface area contributed by atoms with Crippen LogP contribution in [0.1, 0.15) is 26.3 Å².